The zero-order valence-electron chi connectivity index (χ0n) is 12.8. The average Bonchev–Trinajstić information content (AvgIpc) is 2.76. The summed E-state index contributed by atoms with van der Waals surface area (Å²) < 4.78 is 21.0. The lowest BCUT2D eigenvalue weighted by molar-refractivity contribution is 0.105. The number of hydrogen-bond donors (Lipinski definition) is 0. The normalized spacial score (nSPS) is 13.2. The lowest BCUT2D eigenvalue weighted by atomic mass is 10.2. The molecule has 1 heterocycles. The molecular weight excluding hydrogens is 291 g/mol. The second-order valence-electron chi connectivity index (χ2n) is 5.69. The molecule has 0 saturated carbocycles. The first-order valence-corrected chi connectivity index (χ1v) is 7.80. The van der Waals surface area contributed by atoms with E-state index in [-0.39, 0.29) is 11.2 Å². The van der Waals surface area contributed by atoms with E-state index in [2.05, 4.69) is 18.8 Å². The van der Waals surface area contributed by atoms with Crippen LogP contribution in [0.5, 0.6) is 0 Å². The predicted octanol–water partition coefficient (Wildman–Crippen LogP) is 4.54. The molecule has 0 aliphatic carbocycles. The molecule has 1 aromatic carbocycles. The number of nitrogens with zero attached hydrogens (tertiary/aromatic N) is 2. The lowest BCUT2D eigenvalue weighted by Gasteiger charge is -2.11. The average molecular weight is 313 g/mol. The number of fused-ring (bicyclic) bond motifs is 1. The highest BCUT2D eigenvalue weighted by atomic mass is 35.5. The molecule has 1 aromatic heterocycles. The van der Waals surface area contributed by atoms with Gasteiger partial charge in [-0.2, -0.15) is 0 Å². The molecule has 2 rings (SSSR count). The highest BCUT2D eigenvalue weighted by Crippen LogP contribution is 2.25. The van der Waals surface area contributed by atoms with Crippen LogP contribution in [0.15, 0.2) is 18.2 Å². The van der Waals surface area contributed by atoms with E-state index >= 15 is 0 Å². The molecular formula is C16H22ClFN2O. The molecule has 1 unspecified atom stereocenters. The van der Waals surface area contributed by atoms with Crippen molar-refractivity contribution in [2.75, 3.05) is 13.2 Å². The fourth-order valence-electron chi connectivity index (χ4n) is 2.30. The zero-order chi connectivity index (χ0) is 15.4. The van der Waals surface area contributed by atoms with Crippen LogP contribution in [0.2, 0.25) is 0 Å². The maximum atomic E-state index is 13.5. The topological polar surface area (TPSA) is 27.1 Å². The van der Waals surface area contributed by atoms with Gasteiger partial charge in [-0.1, -0.05) is 13.8 Å². The van der Waals surface area contributed by atoms with E-state index in [4.69, 9.17) is 16.3 Å². The third kappa shape index (κ3) is 4.17. The number of rotatable bonds is 7. The molecule has 0 aliphatic rings. The Labute approximate surface area is 130 Å². The molecule has 0 spiro atoms. The van der Waals surface area contributed by atoms with E-state index in [1.165, 1.54) is 12.1 Å². The van der Waals surface area contributed by atoms with Crippen LogP contribution in [0.3, 0.4) is 0 Å². The molecule has 0 amide bonds. The van der Waals surface area contributed by atoms with E-state index in [0.717, 1.165) is 36.4 Å². The van der Waals surface area contributed by atoms with Gasteiger partial charge in [0.15, 0.2) is 0 Å². The number of aryl methyl sites for hydroxylation is 1. The Morgan fingerprint density at radius 1 is 1.33 bits per heavy atom. The molecule has 5 heteroatoms. The summed E-state index contributed by atoms with van der Waals surface area (Å²) in [5, 5.41) is -0.211. The van der Waals surface area contributed by atoms with Crippen LogP contribution in [0.25, 0.3) is 11.0 Å². The number of benzene rings is 1. The van der Waals surface area contributed by atoms with Gasteiger partial charge in [0.1, 0.15) is 11.6 Å². The van der Waals surface area contributed by atoms with Crippen molar-refractivity contribution in [3.8, 4) is 0 Å². The second-order valence-corrected chi connectivity index (χ2v) is 6.35. The zero-order valence-corrected chi connectivity index (χ0v) is 13.5. The van der Waals surface area contributed by atoms with Gasteiger partial charge in [-0.25, -0.2) is 9.37 Å². The molecule has 21 heavy (non-hydrogen) atoms. The molecule has 0 N–H and O–H groups in total. The molecule has 0 bridgehead atoms. The van der Waals surface area contributed by atoms with Gasteiger partial charge in [0.25, 0.3) is 0 Å². The van der Waals surface area contributed by atoms with Crippen LogP contribution in [0.1, 0.15) is 38.4 Å². The van der Waals surface area contributed by atoms with Crippen molar-refractivity contribution in [2.45, 2.75) is 39.1 Å². The van der Waals surface area contributed by atoms with Crippen molar-refractivity contribution in [1.29, 1.82) is 0 Å². The fraction of sp³-hybridized carbons (Fsp3) is 0.562. The van der Waals surface area contributed by atoms with Crippen molar-refractivity contribution in [2.24, 2.45) is 5.92 Å². The van der Waals surface area contributed by atoms with Gasteiger partial charge in [0.05, 0.1) is 16.4 Å². The summed E-state index contributed by atoms with van der Waals surface area (Å²) in [6.07, 6.45) is 0.852. The van der Waals surface area contributed by atoms with Crippen molar-refractivity contribution in [1.82, 2.24) is 9.55 Å². The summed E-state index contributed by atoms with van der Waals surface area (Å²) in [5.74, 6) is 1.06. The number of hydrogen-bond acceptors (Lipinski definition) is 2. The van der Waals surface area contributed by atoms with E-state index in [9.17, 15) is 4.39 Å². The number of halogens is 2. The van der Waals surface area contributed by atoms with Crippen LogP contribution in [0, 0.1) is 11.7 Å². The first-order chi connectivity index (χ1) is 9.99. The van der Waals surface area contributed by atoms with Gasteiger partial charge in [-0.05, 0) is 37.5 Å². The molecule has 116 valence electrons. The molecule has 2 aromatic rings. The van der Waals surface area contributed by atoms with Gasteiger partial charge >= 0.3 is 0 Å². The largest absolute Gasteiger partial charge is 0.381 e. The Bertz CT molecular complexity index is 595. The quantitative estimate of drug-likeness (QED) is 0.554. The van der Waals surface area contributed by atoms with Crippen molar-refractivity contribution in [3.05, 3.63) is 29.8 Å². The molecule has 0 saturated heterocycles. The molecule has 0 aliphatic heterocycles. The summed E-state index contributed by atoms with van der Waals surface area (Å²) in [5.41, 5.74) is 1.57. The number of aromatic nitrogens is 2. The summed E-state index contributed by atoms with van der Waals surface area (Å²) in [6, 6.07) is 4.63. The second kappa shape index (κ2) is 7.23. The van der Waals surface area contributed by atoms with Crippen LogP contribution in [-0.4, -0.2) is 22.8 Å². The Hall–Kier alpha value is -1.13. The predicted molar refractivity (Wildman–Crippen MR) is 84.2 cm³/mol. The van der Waals surface area contributed by atoms with Crippen molar-refractivity contribution >= 4 is 22.6 Å². The summed E-state index contributed by atoms with van der Waals surface area (Å²) in [4.78, 5) is 4.50. The standard InChI is InChI=1S/C16H22ClFN2O/c1-11(2)10-21-8-4-7-20-15-9-13(18)5-6-14(15)19-16(20)12(3)17/h5-6,9,11-12H,4,7-8,10H2,1-3H3. The Morgan fingerprint density at radius 2 is 2.10 bits per heavy atom. The first-order valence-electron chi connectivity index (χ1n) is 7.36. The smallest absolute Gasteiger partial charge is 0.127 e. The number of imidazole rings is 1. The number of alkyl halides is 1. The van der Waals surface area contributed by atoms with Crippen molar-refractivity contribution < 1.29 is 9.13 Å². The van der Waals surface area contributed by atoms with Gasteiger partial charge in [-0.15, -0.1) is 11.6 Å². The molecule has 0 fully saturated rings. The minimum Gasteiger partial charge on any atom is -0.381 e. The summed E-state index contributed by atoms with van der Waals surface area (Å²) in [6.45, 7) is 8.30. The Morgan fingerprint density at radius 3 is 2.76 bits per heavy atom. The Balaban J connectivity index is 2.12. The molecule has 3 nitrogen and oxygen atoms in total. The van der Waals surface area contributed by atoms with E-state index < -0.39 is 0 Å². The SMILES string of the molecule is CC(C)COCCCn1c(C(C)Cl)nc2ccc(F)cc21. The van der Waals surface area contributed by atoms with Gasteiger partial charge < -0.3 is 9.30 Å². The minimum absolute atomic E-state index is 0.211. The lowest BCUT2D eigenvalue weighted by Crippen LogP contribution is -2.09. The van der Waals surface area contributed by atoms with Gasteiger partial charge in [0, 0.05) is 19.8 Å². The molecule has 1 atom stereocenters. The van der Waals surface area contributed by atoms with Crippen LogP contribution in [-0.2, 0) is 11.3 Å². The Kier molecular flexibility index (Phi) is 5.59. The third-order valence-electron chi connectivity index (χ3n) is 3.22. The van der Waals surface area contributed by atoms with Crippen LogP contribution < -0.4 is 0 Å². The monoisotopic (exact) mass is 312 g/mol. The van der Waals surface area contributed by atoms with Crippen LogP contribution in [0.4, 0.5) is 4.39 Å². The molecule has 0 radical (unpaired) electrons. The third-order valence-corrected chi connectivity index (χ3v) is 3.41. The fourth-order valence-corrected chi connectivity index (χ4v) is 2.46. The maximum Gasteiger partial charge on any atom is 0.127 e. The number of ether oxygens (including phenoxy) is 1. The summed E-state index contributed by atoms with van der Waals surface area (Å²) in [7, 11) is 0. The van der Waals surface area contributed by atoms with E-state index in [1.54, 1.807) is 6.07 Å². The summed E-state index contributed by atoms with van der Waals surface area (Å²) >= 11 is 6.19. The highest BCUT2D eigenvalue weighted by Gasteiger charge is 2.15. The van der Waals surface area contributed by atoms with Crippen LogP contribution >= 0.6 is 11.6 Å². The van der Waals surface area contributed by atoms with Gasteiger partial charge in [0.2, 0.25) is 0 Å². The maximum absolute atomic E-state index is 13.5. The van der Waals surface area contributed by atoms with Gasteiger partial charge in [-0.3, -0.25) is 0 Å². The van der Waals surface area contributed by atoms with E-state index in [1.807, 2.05) is 11.5 Å². The first kappa shape index (κ1) is 16.2. The highest BCUT2D eigenvalue weighted by molar-refractivity contribution is 6.20. The van der Waals surface area contributed by atoms with E-state index in [0.29, 0.717) is 12.5 Å². The van der Waals surface area contributed by atoms with Crippen molar-refractivity contribution in [3.63, 3.8) is 0 Å². The minimum atomic E-state index is -0.256.